The van der Waals surface area contributed by atoms with E-state index in [9.17, 15) is 4.79 Å². The van der Waals surface area contributed by atoms with Gasteiger partial charge in [0.1, 0.15) is 23.9 Å². The fourth-order valence-electron chi connectivity index (χ4n) is 3.73. The number of carbonyl (C=O) groups excluding carboxylic acids is 1. The Labute approximate surface area is 194 Å². The van der Waals surface area contributed by atoms with E-state index in [0.717, 1.165) is 22.7 Å². The lowest BCUT2D eigenvalue weighted by Crippen LogP contribution is -2.39. The fourth-order valence-corrected chi connectivity index (χ4v) is 3.73. The van der Waals surface area contributed by atoms with Gasteiger partial charge in [-0.3, -0.25) is 4.99 Å². The van der Waals surface area contributed by atoms with Gasteiger partial charge in [-0.05, 0) is 48.9 Å². The number of benzene rings is 3. The number of amidine groups is 1. The molecule has 170 valence electrons. The Morgan fingerprint density at radius 1 is 1.00 bits per heavy atom. The molecule has 6 heteroatoms. The van der Waals surface area contributed by atoms with Crippen molar-refractivity contribution in [2.75, 3.05) is 27.3 Å². The van der Waals surface area contributed by atoms with Gasteiger partial charge in [0.05, 0.1) is 25.8 Å². The van der Waals surface area contributed by atoms with Crippen LogP contribution in [0.25, 0.3) is 0 Å². The Bertz CT molecular complexity index is 1120. The first kappa shape index (κ1) is 22.4. The zero-order chi connectivity index (χ0) is 23.2. The van der Waals surface area contributed by atoms with Crippen LogP contribution in [0.4, 0.5) is 0 Å². The lowest BCUT2D eigenvalue weighted by Gasteiger charge is -2.26. The molecule has 0 aliphatic carbocycles. The smallest absolute Gasteiger partial charge is 0.338 e. The predicted octanol–water partition coefficient (Wildman–Crippen LogP) is 4.50. The summed E-state index contributed by atoms with van der Waals surface area (Å²) >= 11 is 0. The molecule has 1 atom stereocenters. The van der Waals surface area contributed by atoms with Gasteiger partial charge in [0.25, 0.3) is 0 Å². The van der Waals surface area contributed by atoms with Crippen LogP contribution in [0.1, 0.15) is 27.0 Å². The van der Waals surface area contributed by atoms with Crippen LogP contribution in [0.15, 0.2) is 77.8 Å². The maximum Gasteiger partial charge on any atom is 0.338 e. The highest BCUT2D eigenvalue weighted by Crippen LogP contribution is 2.21. The average Bonchev–Trinajstić information content (AvgIpc) is 3.27. The number of carbonyl (C=O) groups is 1. The number of esters is 1. The van der Waals surface area contributed by atoms with Gasteiger partial charge >= 0.3 is 5.97 Å². The maximum atomic E-state index is 12.8. The SMILES string of the molecule is COc1ccc(OCC(CN(C)C2=NCc3ccccc32)OC(=O)c2ccc(C)cc2)cc1. The Kier molecular flexibility index (Phi) is 6.93. The van der Waals surface area contributed by atoms with E-state index < -0.39 is 6.10 Å². The summed E-state index contributed by atoms with van der Waals surface area (Å²) in [5.74, 6) is 1.95. The number of ether oxygens (including phenoxy) is 3. The molecule has 0 spiro atoms. The van der Waals surface area contributed by atoms with Gasteiger partial charge < -0.3 is 19.1 Å². The lowest BCUT2D eigenvalue weighted by atomic mass is 10.1. The Morgan fingerprint density at radius 3 is 2.42 bits per heavy atom. The molecule has 0 radical (unpaired) electrons. The molecule has 6 nitrogen and oxygen atoms in total. The van der Waals surface area contributed by atoms with Crippen molar-refractivity contribution >= 4 is 11.8 Å². The number of rotatable bonds is 8. The second kappa shape index (κ2) is 10.2. The van der Waals surface area contributed by atoms with Crippen LogP contribution in [0, 0.1) is 6.92 Å². The van der Waals surface area contributed by atoms with Crippen molar-refractivity contribution in [2.24, 2.45) is 4.99 Å². The summed E-state index contributed by atoms with van der Waals surface area (Å²) < 4.78 is 17.0. The highest BCUT2D eigenvalue weighted by molar-refractivity contribution is 6.01. The van der Waals surface area contributed by atoms with Crippen molar-refractivity contribution in [3.05, 3.63) is 95.1 Å². The molecule has 0 aromatic heterocycles. The summed E-state index contributed by atoms with van der Waals surface area (Å²) in [6.45, 7) is 3.30. The number of nitrogens with zero attached hydrogens (tertiary/aromatic N) is 2. The minimum Gasteiger partial charge on any atom is -0.497 e. The number of hydrogen-bond donors (Lipinski definition) is 0. The van der Waals surface area contributed by atoms with Crippen molar-refractivity contribution in [1.29, 1.82) is 0 Å². The van der Waals surface area contributed by atoms with E-state index in [1.165, 1.54) is 5.56 Å². The van der Waals surface area contributed by atoms with E-state index in [2.05, 4.69) is 17.1 Å². The van der Waals surface area contributed by atoms with Crippen LogP contribution in [-0.4, -0.2) is 50.1 Å². The van der Waals surface area contributed by atoms with Gasteiger partial charge in [-0.1, -0.05) is 42.0 Å². The summed E-state index contributed by atoms with van der Waals surface area (Å²) in [7, 11) is 3.58. The van der Waals surface area contributed by atoms with Gasteiger partial charge in [0.2, 0.25) is 0 Å². The van der Waals surface area contributed by atoms with Gasteiger partial charge in [-0.25, -0.2) is 4.79 Å². The van der Waals surface area contributed by atoms with E-state index >= 15 is 0 Å². The zero-order valence-electron chi connectivity index (χ0n) is 19.2. The maximum absolute atomic E-state index is 12.8. The third kappa shape index (κ3) is 5.52. The van der Waals surface area contributed by atoms with Gasteiger partial charge in [-0.2, -0.15) is 0 Å². The van der Waals surface area contributed by atoms with E-state index in [0.29, 0.717) is 24.4 Å². The average molecular weight is 445 g/mol. The predicted molar refractivity (Wildman–Crippen MR) is 128 cm³/mol. The first-order chi connectivity index (χ1) is 16.0. The molecule has 0 N–H and O–H groups in total. The summed E-state index contributed by atoms with van der Waals surface area (Å²) in [5, 5.41) is 0. The third-order valence-electron chi connectivity index (χ3n) is 5.55. The van der Waals surface area contributed by atoms with Crippen molar-refractivity contribution in [3.63, 3.8) is 0 Å². The van der Waals surface area contributed by atoms with E-state index in [-0.39, 0.29) is 12.6 Å². The second-order valence-electron chi connectivity index (χ2n) is 8.06. The molecule has 0 saturated heterocycles. The Hall–Kier alpha value is -3.80. The standard InChI is InChI=1S/C27H28N2O4/c1-19-8-10-20(11-9-19)27(30)33-24(18-32-23-14-12-22(31-3)13-15-23)17-29(2)26-25-7-5-4-6-21(25)16-28-26/h4-15,24H,16-18H2,1-3H3. The van der Waals surface area contributed by atoms with Gasteiger partial charge in [0, 0.05) is 12.6 Å². The fraction of sp³-hybridized carbons (Fsp3) is 0.259. The minimum absolute atomic E-state index is 0.212. The Balaban J connectivity index is 1.47. The molecule has 1 unspecified atom stereocenters. The monoisotopic (exact) mass is 444 g/mol. The summed E-state index contributed by atoms with van der Waals surface area (Å²) in [6, 6.07) is 22.9. The molecule has 0 saturated carbocycles. The molecule has 0 bridgehead atoms. The molecule has 0 amide bonds. The number of aryl methyl sites for hydroxylation is 1. The molecule has 33 heavy (non-hydrogen) atoms. The summed E-state index contributed by atoms with van der Waals surface area (Å²) in [4.78, 5) is 19.5. The number of aliphatic imine (C=N–C) groups is 1. The zero-order valence-corrected chi connectivity index (χ0v) is 19.2. The summed E-state index contributed by atoms with van der Waals surface area (Å²) in [6.07, 6.45) is -0.499. The molecule has 3 aromatic carbocycles. The van der Waals surface area contributed by atoms with Gasteiger partial charge in [-0.15, -0.1) is 0 Å². The van der Waals surface area contributed by atoms with Crippen molar-refractivity contribution in [2.45, 2.75) is 19.6 Å². The van der Waals surface area contributed by atoms with Crippen molar-refractivity contribution in [1.82, 2.24) is 4.90 Å². The Morgan fingerprint density at radius 2 is 1.70 bits per heavy atom. The van der Waals surface area contributed by atoms with Crippen LogP contribution in [0.5, 0.6) is 11.5 Å². The molecule has 3 aromatic rings. The highest BCUT2D eigenvalue weighted by atomic mass is 16.6. The van der Waals surface area contributed by atoms with E-state index in [1.54, 1.807) is 19.2 Å². The number of fused-ring (bicyclic) bond motifs is 1. The van der Waals surface area contributed by atoms with Crippen LogP contribution in [0.2, 0.25) is 0 Å². The first-order valence-corrected chi connectivity index (χ1v) is 10.9. The largest absolute Gasteiger partial charge is 0.497 e. The quantitative estimate of drug-likeness (QED) is 0.479. The molecule has 1 heterocycles. The van der Waals surface area contributed by atoms with E-state index in [4.69, 9.17) is 14.2 Å². The second-order valence-corrected chi connectivity index (χ2v) is 8.06. The van der Waals surface area contributed by atoms with Crippen molar-refractivity contribution < 1.29 is 19.0 Å². The highest BCUT2D eigenvalue weighted by Gasteiger charge is 2.24. The molecule has 0 fully saturated rings. The normalized spacial score (nSPS) is 13.0. The summed E-state index contributed by atoms with van der Waals surface area (Å²) in [5.41, 5.74) is 3.91. The van der Waals surface area contributed by atoms with E-state index in [1.807, 2.05) is 67.4 Å². The minimum atomic E-state index is -0.499. The van der Waals surface area contributed by atoms with Gasteiger partial charge in [0.15, 0.2) is 6.10 Å². The molecule has 1 aliphatic rings. The van der Waals surface area contributed by atoms with Crippen molar-refractivity contribution in [3.8, 4) is 11.5 Å². The third-order valence-corrected chi connectivity index (χ3v) is 5.55. The number of hydrogen-bond acceptors (Lipinski definition) is 6. The van der Waals surface area contributed by atoms with Crippen LogP contribution in [-0.2, 0) is 11.3 Å². The number of methoxy groups -OCH3 is 1. The lowest BCUT2D eigenvalue weighted by molar-refractivity contribution is 0.0130. The van der Waals surface area contributed by atoms with Crippen LogP contribution >= 0.6 is 0 Å². The van der Waals surface area contributed by atoms with Crippen LogP contribution in [0.3, 0.4) is 0 Å². The number of likely N-dealkylation sites (N-methyl/N-ethyl adjacent to an activating group) is 1. The first-order valence-electron chi connectivity index (χ1n) is 10.9. The van der Waals surface area contributed by atoms with Crippen LogP contribution < -0.4 is 9.47 Å². The molecule has 4 rings (SSSR count). The molecular formula is C27H28N2O4. The topological polar surface area (TPSA) is 60.4 Å². The molecular weight excluding hydrogens is 416 g/mol. The molecule has 1 aliphatic heterocycles.